The predicted octanol–water partition coefficient (Wildman–Crippen LogP) is 4.30. The van der Waals surface area contributed by atoms with Crippen molar-refractivity contribution in [1.29, 1.82) is 0 Å². The number of amides is 1. The zero-order valence-corrected chi connectivity index (χ0v) is 15.6. The third-order valence-corrected chi connectivity index (χ3v) is 4.70. The molecule has 0 spiro atoms. The molecule has 0 atom stereocenters. The molecule has 0 radical (unpaired) electrons. The molecule has 3 rings (SSSR count). The molecule has 0 saturated carbocycles. The topological polar surface area (TPSA) is 81.5 Å². The fourth-order valence-electron chi connectivity index (χ4n) is 3.13. The van der Waals surface area contributed by atoms with Gasteiger partial charge in [0.25, 0.3) is 5.91 Å². The normalized spacial score (nSPS) is 10.9. The molecule has 3 aromatic carbocycles. The number of hydrogen-bond acceptors (Lipinski definition) is 4. The molecule has 0 unspecified atom stereocenters. The quantitative estimate of drug-likeness (QED) is 0.514. The number of nitro benzene ring substituents is 1. The van der Waals surface area contributed by atoms with Crippen molar-refractivity contribution in [3.63, 3.8) is 0 Å². The number of nitro groups is 1. The summed E-state index contributed by atoms with van der Waals surface area (Å²) in [5.41, 5.74) is 0.922. The van der Waals surface area contributed by atoms with Crippen LogP contribution in [0.3, 0.4) is 0 Å². The van der Waals surface area contributed by atoms with Crippen molar-refractivity contribution < 1.29 is 14.5 Å². The van der Waals surface area contributed by atoms with E-state index in [2.05, 4.69) is 5.32 Å². The zero-order chi connectivity index (χ0) is 20.1. The van der Waals surface area contributed by atoms with Gasteiger partial charge in [0.1, 0.15) is 0 Å². The Labute approximate surface area is 162 Å². The average molecular weight is 376 g/mol. The molecule has 0 fully saturated rings. The van der Waals surface area contributed by atoms with Gasteiger partial charge in [0.15, 0.2) is 5.75 Å². The summed E-state index contributed by atoms with van der Waals surface area (Å²) in [5.74, 6) is -0.309. The van der Waals surface area contributed by atoms with Gasteiger partial charge in [-0.3, -0.25) is 14.9 Å². The van der Waals surface area contributed by atoms with Gasteiger partial charge in [-0.15, -0.1) is 0 Å². The standard InChI is InChI=1S/C22H20N2O4/c1-22(17-9-5-3-6-10-17,18-11-7-4-8-12-18)23-21(25)16-13-14-20(28-2)19(15-16)24(26)27/h3-15H,1-2H3,(H,23,25). The van der Waals surface area contributed by atoms with Crippen LogP contribution in [-0.4, -0.2) is 17.9 Å². The van der Waals surface area contributed by atoms with Crippen LogP contribution < -0.4 is 10.1 Å². The number of nitrogens with one attached hydrogen (secondary N) is 1. The van der Waals surface area contributed by atoms with E-state index in [-0.39, 0.29) is 17.0 Å². The van der Waals surface area contributed by atoms with Gasteiger partial charge >= 0.3 is 5.69 Å². The van der Waals surface area contributed by atoms with Crippen LogP contribution in [0.15, 0.2) is 78.9 Å². The highest BCUT2D eigenvalue weighted by molar-refractivity contribution is 5.96. The fraction of sp³-hybridized carbons (Fsp3) is 0.136. The minimum Gasteiger partial charge on any atom is -0.490 e. The highest BCUT2D eigenvalue weighted by Crippen LogP contribution is 2.31. The summed E-state index contributed by atoms with van der Waals surface area (Å²) in [6.07, 6.45) is 0. The van der Waals surface area contributed by atoms with E-state index in [1.807, 2.05) is 67.6 Å². The number of hydrogen-bond donors (Lipinski definition) is 1. The average Bonchev–Trinajstić information content (AvgIpc) is 2.74. The van der Waals surface area contributed by atoms with E-state index < -0.39 is 16.4 Å². The van der Waals surface area contributed by atoms with Gasteiger partial charge in [0.05, 0.1) is 17.6 Å². The van der Waals surface area contributed by atoms with Crippen LogP contribution in [0.1, 0.15) is 28.4 Å². The third-order valence-electron chi connectivity index (χ3n) is 4.70. The lowest BCUT2D eigenvalue weighted by Gasteiger charge is -2.32. The summed E-state index contributed by atoms with van der Waals surface area (Å²) >= 11 is 0. The Morgan fingerprint density at radius 3 is 1.96 bits per heavy atom. The minimum atomic E-state index is -0.811. The Kier molecular flexibility index (Phi) is 5.40. The Hall–Kier alpha value is -3.67. The summed E-state index contributed by atoms with van der Waals surface area (Å²) < 4.78 is 5.01. The molecule has 6 heteroatoms. The van der Waals surface area contributed by atoms with Crippen LogP contribution in [0.25, 0.3) is 0 Å². The second kappa shape index (κ2) is 7.92. The van der Waals surface area contributed by atoms with Crippen molar-refractivity contribution in [3.05, 3.63) is 106 Å². The number of carbonyl (C=O) groups excluding carboxylic acids is 1. The SMILES string of the molecule is COc1ccc(C(=O)NC(C)(c2ccccc2)c2ccccc2)cc1[N+](=O)[O-]. The first-order valence-electron chi connectivity index (χ1n) is 8.71. The first-order chi connectivity index (χ1) is 13.5. The largest absolute Gasteiger partial charge is 0.490 e. The molecule has 0 aliphatic carbocycles. The maximum absolute atomic E-state index is 13.0. The van der Waals surface area contributed by atoms with Crippen LogP contribution in [-0.2, 0) is 5.54 Å². The minimum absolute atomic E-state index is 0.107. The maximum atomic E-state index is 13.0. The molecule has 1 amide bonds. The van der Waals surface area contributed by atoms with E-state index in [4.69, 9.17) is 4.74 Å². The second-order valence-corrected chi connectivity index (χ2v) is 6.45. The first kappa shape index (κ1) is 19.1. The molecule has 0 bridgehead atoms. The van der Waals surface area contributed by atoms with E-state index in [1.54, 1.807) is 0 Å². The molecule has 142 valence electrons. The molecule has 3 aromatic rings. The second-order valence-electron chi connectivity index (χ2n) is 6.45. The molecule has 1 N–H and O–H groups in total. The van der Waals surface area contributed by atoms with Gasteiger partial charge in [-0.1, -0.05) is 60.7 Å². The molecular formula is C22H20N2O4. The predicted molar refractivity (Wildman–Crippen MR) is 106 cm³/mol. The van der Waals surface area contributed by atoms with Gasteiger partial charge in [-0.05, 0) is 30.2 Å². The van der Waals surface area contributed by atoms with Crippen molar-refractivity contribution in [2.45, 2.75) is 12.5 Å². The Morgan fingerprint density at radius 1 is 0.964 bits per heavy atom. The summed E-state index contributed by atoms with van der Waals surface area (Å²) in [5, 5.41) is 14.3. The number of benzene rings is 3. The molecule has 0 heterocycles. The molecule has 28 heavy (non-hydrogen) atoms. The third kappa shape index (κ3) is 3.71. The summed E-state index contributed by atoms with van der Waals surface area (Å²) in [6.45, 7) is 1.91. The monoisotopic (exact) mass is 376 g/mol. The van der Waals surface area contributed by atoms with Gasteiger partial charge in [0.2, 0.25) is 0 Å². The van der Waals surface area contributed by atoms with E-state index in [9.17, 15) is 14.9 Å². The molecule has 0 aliphatic heterocycles. The van der Waals surface area contributed by atoms with E-state index >= 15 is 0 Å². The van der Waals surface area contributed by atoms with Crippen molar-refractivity contribution in [2.24, 2.45) is 0 Å². The smallest absolute Gasteiger partial charge is 0.311 e. The van der Waals surface area contributed by atoms with Crippen LogP contribution in [0, 0.1) is 10.1 Å². The van der Waals surface area contributed by atoms with Crippen molar-refractivity contribution in [2.75, 3.05) is 7.11 Å². The lowest BCUT2D eigenvalue weighted by molar-refractivity contribution is -0.385. The molecular weight excluding hydrogens is 356 g/mol. The van der Waals surface area contributed by atoms with Crippen molar-refractivity contribution >= 4 is 11.6 Å². The Morgan fingerprint density at radius 2 is 1.50 bits per heavy atom. The van der Waals surface area contributed by atoms with E-state index in [0.717, 1.165) is 11.1 Å². The number of carbonyl (C=O) groups is 1. The van der Waals surface area contributed by atoms with Gasteiger partial charge < -0.3 is 10.1 Å². The van der Waals surface area contributed by atoms with E-state index in [1.165, 1.54) is 25.3 Å². The number of methoxy groups -OCH3 is 1. The summed E-state index contributed by atoms with van der Waals surface area (Å²) in [6, 6.07) is 23.3. The van der Waals surface area contributed by atoms with Gasteiger partial charge in [-0.2, -0.15) is 0 Å². The summed E-state index contributed by atoms with van der Waals surface area (Å²) in [4.78, 5) is 23.7. The number of rotatable bonds is 6. The van der Waals surface area contributed by atoms with Crippen LogP contribution >= 0.6 is 0 Å². The van der Waals surface area contributed by atoms with Crippen LogP contribution in [0.5, 0.6) is 5.75 Å². The molecule has 0 aliphatic rings. The van der Waals surface area contributed by atoms with Crippen molar-refractivity contribution in [1.82, 2.24) is 5.32 Å². The molecule has 0 saturated heterocycles. The maximum Gasteiger partial charge on any atom is 0.311 e. The highest BCUT2D eigenvalue weighted by Gasteiger charge is 2.31. The molecule has 0 aromatic heterocycles. The number of ether oxygens (including phenoxy) is 1. The first-order valence-corrected chi connectivity index (χ1v) is 8.71. The van der Waals surface area contributed by atoms with Gasteiger partial charge in [-0.25, -0.2) is 0 Å². The number of nitrogens with zero attached hydrogens (tertiary/aromatic N) is 1. The summed E-state index contributed by atoms with van der Waals surface area (Å²) in [7, 11) is 1.35. The Bertz CT molecular complexity index is 948. The fourth-order valence-corrected chi connectivity index (χ4v) is 3.13. The lowest BCUT2D eigenvalue weighted by atomic mass is 9.84. The van der Waals surface area contributed by atoms with Crippen LogP contribution in [0.4, 0.5) is 5.69 Å². The van der Waals surface area contributed by atoms with E-state index in [0.29, 0.717) is 0 Å². The lowest BCUT2D eigenvalue weighted by Crippen LogP contribution is -2.44. The van der Waals surface area contributed by atoms with Crippen molar-refractivity contribution in [3.8, 4) is 5.75 Å². The van der Waals surface area contributed by atoms with Crippen LogP contribution in [0.2, 0.25) is 0 Å². The zero-order valence-electron chi connectivity index (χ0n) is 15.6. The highest BCUT2D eigenvalue weighted by atomic mass is 16.6. The Balaban J connectivity index is 2.02. The van der Waals surface area contributed by atoms with Gasteiger partial charge in [0, 0.05) is 11.6 Å². The molecule has 6 nitrogen and oxygen atoms in total.